The molecule has 34 heavy (non-hydrogen) atoms. The summed E-state index contributed by atoms with van der Waals surface area (Å²) in [4.78, 5) is 39.7. The van der Waals surface area contributed by atoms with Gasteiger partial charge in [-0.25, -0.2) is 4.79 Å². The minimum atomic E-state index is -0.849. The average Bonchev–Trinajstić information content (AvgIpc) is 2.86. The van der Waals surface area contributed by atoms with Crippen molar-refractivity contribution in [3.63, 3.8) is 0 Å². The molecule has 0 unspecified atom stereocenters. The number of rotatable bonds is 7. The zero-order valence-electron chi connectivity index (χ0n) is 18.6. The second-order valence-electron chi connectivity index (χ2n) is 7.82. The van der Waals surface area contributed by atoms with Gasteiger partial charge in [-0.15, -0.1) is 0 Å². The van der Waals surface area contributed by atoms with Crippen LogP contribution >= 0.6 is 11.8 Å². The molecule has 1 fully saturated rings. The van der Waals surface area contributed by atoms with E-state index in [-0.39, 0.29) is 12.1 Å². The Morgan fingerprint density at radius 1 is 1.12 bits per heavy atom. The lowest BCUT2D eigenvalue weighted by molar-refractivity contribution is -0.155. The number of thioether (sulfide) groups is 1. The highest BCUT2D eigenvalue weighted by atomic mass is 32.2. The third kappa shape index (κ3) is 4.42. The quantitative estimate of drug-likeness (QED) is 0.482. The number of nitrogens with zero attached hydrogens (tertiary/aromatic N) is 2. The van der Waals surface area contributed by atoms with Gasteiger partial charge in [-0.3, -0.25) is 14.5 Å². The van der Waals surface area contributed by atoms with Gasteiger partial charge in [-0.05, 0) is 23.6 Å². The van der Waals surface area contributed by atoms with E-state index >= 15 is 0 Å². The first-order valence-corrected chi connectivity index (χ1v) is 11.6. The lowest BCUT2D eigenvalue weighted by Crippen LogP contribution is -2.71. The molecular weight excluding hydrogens is 454 g/mol. The molecule has 0 radical (unpaired) electrons. The molecule has 1 N–H and O–H groups in total. The van der Waals surface area contributed by atoms with Crippen LogP contribution in [0.5, 0.6) is 0 Å². The van der Waals surface area contributed by atoms with Crippen LogP contribution in [0.1, 0.15) is 30.6 Å². The molecule has 3 atom stereocenters. The molecule has 0 spiro atoms. The van der Waals surface area contributed by atoms with Gasteiger partial charge in [0.25, 0.3) is 5.91 Å². The fraction of sp³-hybridized carbons (Fsp3) is 0.280. The van der Waals surface area contributed by atoms with Crippen LogP contribution in [0.4, 0.5) is 0 Å². The normalized spacial score (nSPS) is 21.4. The highest BCUT2D eigenvalue weighted by Gasteiger charge is 2.56. The molecule has 1 saturated heterocycles. The fourth-order valence-corrected chi connectivity index (χ4v) is 5.39. The molecular formula is C25H23N3O5S. The third-order valence-corrected chi connectivity index (χ3v) is 7.22. The molecule has 0 aromatic heterocycles. The van der Waals surface area contributed by atoms with Crippen molar-refractivity contribution in [3.8, 4) is 6.07 Å². The number of benzene rings is 2. The highest BCUT2D eigenvalue weighted by Crippen LogP contribution is 2.45. The number of esters is 1. The smallest absolute Gasteiger partial charge is 0.356 e. The van der Waals surface area contributed by atoms with Crippen LogP contribution in [-0.2, 0) is 23.9 Å². The third-order valence-electron chi connectivity index (χ3n) is 5.67. The summed E-state index contributed by atoms with van der Waals surface area (Å²) in [6, 6.07) is 19.6. The van der Waals surface area contributed by atoms with Crippen molar-refractivity contribution in [2.45, 2.75) is 36.3 Å². The van der Waals surface area contributed by atoms with Crippen molar-refractivity contribution >= 4 is 29.5 Å². The Labute approximate surface area is 201 Å². The van der Waals surface area contributed by atoms with Crippen LogP contribution in [0, 0.1) is 11.3 Å². The van der Waals surface area contributed by atoms with Crippen LogP contribution in [0.3, 0.4) is 0 Å². The molecule has 4 rings (SSSR count). The Kier molecular flexibility index (Phi) is 7.01. The number of carbonyl (C=O) groups excluding carboxylic acids is 3. The van der Waals surface area contributed by atoms with Gasteiger partial charge < -0.3 is 14.8 Å². The lowest BCUT2D eigenvalue weighted by Gasteiger charge is -2.51. The van der Waals surface area contributed by atoms with Crippen molar-refractivity contribution in [1.82, 2.24) is 10.2 Å². The molecule has 0 aliphatic carbocycles. The summed E-state index contributed by atoms with van der Waals surface area (Å²) in [5.41, 5.74) is 1.76. The Hall–Kier alpha value is -3.61. The van der Waals surface area contributed by atoms with E-state index in [9.17, 15) is 14.4 Å². The molecule has 174 valence electrons. The van der Waals surface area contributed by atoms with Crippen molar-refractivity contribution in [2.75, 3.05) is 7.11 Å². The Balaban J connectivity index is 1.63. The van der Waals surface area contributed by atoms with Crippen molar-refractivity contribution in [2.24, 2.45) is 0 Å². The number of fused-ring (bicyclic) bond motifs is 1. The van der Waals surface area contributed by atoms with Crippen LogP contribution in [0.25, 0.3) is 0 Å². The van der Waals surface area contributed by atoms with Gasteiger partial charge in [0, 0.05) is 7.11 Å². The van der Waals surface area contributed by atoms with Crippen LogP contribution in [0.2, 0.25) is 0 Å². The largest absolute Gasteiger partial charge is 0.448 e. The number of nitrogens with one attached hydrogen (secondary N) is 1. The van der Waals surface area contributed by atoms with Crippen LogP contribution < -0.4 is 5.32 Å². The zero-order chi connectivity index (χ0) is 24.2. The Morgan fingerprint density at radius 3 is 2.24 bits per heavy atom. The molecule has 0 bridgehead atoms. The van der Waals surface area contributed by atoms with E-state index in [2.05, 4.69) is 5.32 Å². The summed E-state index contributed by atoms with van der Waals surface area (Å²) in [7, 11) is 1.51. The van der Waals surface area contributed by atoms with E-state index in [1.54, 1.807) is 13.0 Å². The first-order valence-electron chi connectivity index (χ1n) is 10.7. The molecule has 2 aliphatic heterocycles. The summed E-state index contributed by atoms with van der Waals surface area (Å²) in [5, 5.41) is 10.8. The number of hydrogen-bond acceptors (Lipinski definition) is 7. The number of amides is 2. The van der Waals surface area contributed by atoms with Crippen molar-refractivity contribution in [3.05, 3.63) is 83.1 Å². The predicted octanol–water partition coefficient (Wildman–Crippen LogP) is 2.88. The van der Waals surface area contributed by atoms with Crippen molar-refractivity contribution < 1.29 is 23.9 Å². The maximum atomic E-state index is 13.5. The topological polar surface area (TPSA) is 109 Å². The molecule has 2 aromatic rings. The van der Waals surface area contributed by atoms with E-state index in [4.69, 9.17) is 14.7 Å². The summed E-state index contributed by atoms with van der Waals surface area (Å²) < 4.78 is 11.5. The standard InChI is InChI=1S/C25H23N3O5S/c1-15-20(28-22(30)19(27-18(29)13-14-26)23(28)34-25(15)32-2)24(31)33-21(16-9-5-3-6-10-16)17-11-7-4-8-12-17/h3-12,19,21,23,25H,13H2,1-2H3,(H,27,29)/t19-,23+,25-/m0/s1. The number of β-lactam (4-membered cyclic amide) rings is 1. The van der Waals surface area contributed by atoms with Crippen LogP contribution in [-0.4, -0.2) is 46.6 Å². The van der Waals surface area contributed by atoms with E-state index in [0.29, 0.717) is 5.57 Å². The van der Waals surface area contributed by atoms with E-state index in [1.807, 2.05) is 60.7 Å². The second kappa shape index (κ2) is 10.1. The molecule has 2 aromatic carbocycles. The SMILES string of the molecule is CO[C@H]1S[C@@H]2[C@@H](NC(=O)CC#N)C(=O)N2C(C(=O)OC(c2ccccc2)c2ccccc2)=C1C. The number of hydrogen-bond donors (Lipinski definition) is 1. The van der Waals surface area contributed by atoms with Gasteiger partial charge in [0.1, 0.15) is 29.0 Å². The van der Waals surface area contributed by atoms with E-state index in [1.165, 1.54) is 23.8 Å². The zero-order valence-corrected chi connectivity index (χ0v) is 19.5. The molecule has 9 heteroatoms. The van der Waals surface area contributed by atoms with Crippen LogP contribution in [0.15, 0.2) is 71.9 Å². The van der Waals surface area contributed by atoms with Gasteiger partial charge in [0.05, 0.1) is 6.07 Å². The number of nitriles is 1. The van der Waals surface area contributed by atoms with E-state index < -0.39 is 40.7 Å². The Bertz CT molecular complexity index is 1120. The summed E-state index contributed by atoms with van der Waals surface area (Å²) >= 11 is 1.31. The number of carbonyl (C=O) groups is 3. The summed E-state index contributed by atoms with van der Waals surface area (Å²) in [6.45, 7) is 1.73. The maximum absolute atomic E-state index is 13.5. The number of methoxy groups -OCH3 is 1. The van der Waals surface area contributed by atoms with E-state index in [0.717, 1.165) is 11.1 Å². The van der Waals surface area contributed by atoms with Gasteiger partial charge >= 0.3 is 5.97 Å². The average molecular weight is 478 g/mol. The second-order valence-corrected chi connectivity index (χ2v) is 9.00. The van der Waals surface area contributed by atoms with Crippen molar-refractivity contribution in [1.29, 1.82) is 5.26 Å². The highest BCUT2D eigenvalue weighted by molar-refractivity contribution is 8.00. The first kappa shape index (κ1) is 23.5. The lowest BCUT2D eigenvalue weighted by atomic mass is 10.0. The first-order chi connectivity index (χ1) is 16.5. The Morgan fingerprint density at radius 2 is 1.71 bits per heavy atom. The summed E-state index contributed by atoms with van der Waals surface area (Å²) in [6.07, 6.45) is -1.03. The monoisotopic (exact) mass is 477 g/mol. The molecule has 2 heterocycles. The fourth-order valence-electron chi connectivity index (χ4n) is 4.04. The minimum absolute atomic E-state index is 0.114. The van der Waals surface area contributed by atoms with Gasteiger partial charge in [-0.1, -0.05) is 72.4 Å². The minimum Gasteiger partial charge on any atom is -0.448 e. The van der Waals surface area contributed by atoms with Gasteiger partial charge in [0.2, 0.25) is 5.91 Å². The molecule has 0 saturated carbocycles. The molecule has 2 aliphatic rings. The van der Waals surface area contributed by atoms with Gasteiger partial charge in [-0.2, -0.15) is 5.26 Å². The summed E-state index contributed by atoms with van der Waals surface area (Å²) in [5.74, 6) is -1.63. The molecule has 8 nitrogen and oxygen atoms in total. The maximum Gasteiger partial charge on any atom is 0.356 e. The molecule has 2 amide bonds. The van der Waals surface area contributed by atoms with Gasteiger partial charge in [0.15, 0.2) is 6.10 Å². The number of ether oxygens (including phenoxy) is 2. The predicted molar refractivity (Wildman–Crippen MR) is 125 cm³/mol.